The number of para-hydroxylation sites is 8. The van der Waals surface area contributed by atoms with Crippen molar-refractivity contribution in [1.29, 1.82) is 0 Å². The average molecular weight is 1760 g/mol. The van der Waals surface area contributed by atoms with Gasteiger partial charge in [0, 0.05) is 98.8 Å². The molecule has 646 valence electrons. The quantitative estimate of drug-likeness (QED) is 0.110. The van der Waals surface area contributed by atoms with E-state index in [0.29, 0.717) is 0 Å². The SMILES string of the molecule is c1ccc(-c2ccc(-n3c4ccc(-c5ccccc5)cc4c4cc(-c5ccc6c(c5)c5ccccc5n6-c5ccccc5)ccc43)cc2)cc1.c1ccc(-c2ccc3c(c2)c2cc(-c4ccc5c(c4)c4ccccc4n5-c4ccccc4)ccc2n3-c2ccccc2)cc1.c1ccc(-c2ccc3c4cc(-c5ccc6c(c5)c5ccccc5n6-c5ccccc5)ccc4n(-c4ccccc4)c3c2)cc1. The van der Waals surface area contributed by atoms with Crippen LogP contribution >= 0.6 is 0 Å². The third-order valence-corrected chi connectivity index (χ3v) is 27.9. The maximum atomic E-state index is 2.41. The van der Waals surface area contributed by atoms with E-state index in [-0.39, 0.29) is 0 Å². The molecule has 6 heteroatoms. The van der Waals surface area contributed by atoms with Gasteiger partial charge in [-0.25, -0.2) is 0 Å². The van der Waals surface area contributed by atoms with Crippen LogP contribution in [0.3, 0.4) is 0 Å². The molecule has 0 aliphatic carbocycles. The van der Waals surface area contributed by atoms with Crippen molar-refractivity contribution in [3.63, 3.8) is 0 Å². The lowest BCUT2D eigenvalue weighted by Crippen LogP contribution is -1.94. The molecule has 0 radical (unpaired) electrons. The van der Waals surface area contributed by atoms with Gasteiger partial charge >= 0.3 is 0 Å². The maximum absolute atomic E-state index is 2.41. The van der Waals surface area contributed by atoms with Gasteiger partial charge in [-0.3, -0.25) is 0 Å². The fourth-order valence-electron chi connectivity index (χ4n) is 21.5. The molecule has 6 nitrogen and oxygen atoms in total. The van der Waals surface area contributed by atoms with Gasteiger partial charge in [0.1, 0.15) is 0 Å². The van der Waals surface area contributed by atoms with Crippen LogP contribution in [-0.4, -0.2) is 27.4 Å². The van der Waals surface area contributed by atoms with Crippen LogP contribution in [0.15, 0.2) is 534 Å². The third-order valence-electron chi connectivity index (χ3n) is 27.9. The first-order valence-corrected chi connectivity index (χ1v) is 47.4. The number of fused-ring (bicyclic) bond motifs is 18. The van der Waals surface area contributed by atoms with Gasteiger partial charge in [-0.1, -0.05) is 340 Å². The Labute approximate surface area is 798 Å². The van der Waals surface area contributed by atoms with Gasteiger partial charge in [0.05, 0.1) is 66.2 Å². The van der Waals surface area contributed by atoms with Crippen molar-refractivity contribution in [2.75, 3.05) is 0 Å². The number of aromatic nitrogens is 6. The molecule has 0 bridgehead atoms. The Kier molecular flexibility index (Phi) is 19.9. The molecule has 0 aliphatic rings. The fraction of sp³-hybridized carbons (Fsp3) is 0. The largest absolute Gasteiger partial charge is 0.309 e. The highest BCUT2D eigenvalue weighted by Gasteiger charge is 2.24. The first kappa shape index (κ1) is 80.5. The van der Waals surface area contributed by atoms with Crippen molar-refractivity contribution in [3.8, 4) is 112 Å². The van der Waals surface area contributed by atoms with E-state index < -0.39 is 0 Å². The molecule has 0 amide bonds. The summed E-state index contributed by atoms with van der Waals surface area (Å²) >= 11 is 0. The van der Waals surface area contributed by atoms with Gasteiger partial charge in [0.2, 0.25) is 0 Å². The molecule has 138 heavy (non-hydrogen) atoms. The van der Waals surface area contributed by atoms with Crippen molar-refractivity contribution < 1.29 is 0 Å². The van der Waals surface area contributed by atoms with Crippen molar-refractivity contribution in [2.45, 2.75) is 0 Å². The van der Waals surface area contributed by atoms with E-state index in [1.54, 1.807) is 0 Å². The molecule has 0 saturated carbocycles. The van der Waals surface area contributed by atoms with Gasteiger partial charge in [-0.05, 0) is 272 Å². The van der Waals surface area contributed by atoms with Crippen LogP contribution in [0.1, 0.15) is 0 Å². The van der Waals surface area contributed by atoms with Crippen LogP contribution in [0.25, 0.3) is 243 Å². The molecule has 22 aromatic carbocycles. The van der Waals surface area contributed by atoms with Crippen LogP contribution in [0, 0.1) is 0 Å². The Morgan fingerprint density at radius 2 is 0.225 bits per heavy atom. The highest BCUT2D eigenvalue weighted by atomic mass is 15.0. The predicted molar refractivity (Wildman–Crippen MR) is 583 cm³/mol. The smallest absolute Gasteiger partial charge is 0.0547 e. The van der Waals surface area contributed by atoms with Gasteiger partial charge < -0.3 is 27.4 Å². The van der Waals surface area contributed by atoms with Gasteiger partial charge in [-0.2, -0.15) is 0 Å². The molecule has 28 rings (SSSR count). The lowest BCUT2D eigenvalue weighted by Gasteiger charge is -2.10. The molecule has 6 aromatic heterocycles. The highest BCUT2D eigenvalue weighted by Crippen LogP contribution is 2.46. The molecule has 0 fully saturated rings. The Bertz CT molecular complexity index is 9500. The topological polar surface area (TPSA) is 29.6 Å². The molecule has 6 heterocycles. The van der Waals surface area contributed by atoms with Gasteiger partial charge in [0.15, 0.2) is 0 Å². The first-order valence-electron chi connectivity index (χ1n) is 47.4. The molecule has 0 saturated heterocycles. The van der Waals surface area contributed by atoms with E-state index in [9.17, 15) is 0 Å². The van der Waals surface area contributed by atoms with E-state index in [0.717, 1.165) is 5.69 Å². The maximum Gasteiger partial charge on any atom is 0.0547 e. The van der Waals surface area contributed by atoms with E-state index in [2.05, 4.69) is 561 Å². The van der Waals surface area contributed by atoms with Crippen molar-refractivity contribution >= 4 is 131 Å². The molecule has 0 spiro atoms. The summed E-state index contributed by atoms with van der Waals surface area (Å²) in [4.78, 5) is 0. The second kappa shape index (κ2) is 34.0. The number of benzene rings is 22. The normalized spacial score (nSPS) is 11.6. The molecule has 28 aromatic rings. The van der Waals surface area contributed by atoms with E-state index in [1.807, 2.05) is 0 Å². The van der Waals surface area contributed by atoms with Crippen LogP contribution in [0.2, 0.25) is 0 Å². The molecule has 0 N–H and O–H groups in total. The number of hydrogen-bond donors (Lipinski definition) is 0. The summed E-state index contributed by atoms with van der Waals surface area (Å²) in [5.41, 5.74) is 38.6. The van der Waals surface area contributed by atoms with Gasteiger partial charge in [-0.15, -0.1) is 0 Å². The number of nitrogens with zero attached hydrogens (tertiary/aromatic N) is 6. The van der Waals surface area contributed by atoms with E-state index in [4.69, 9.17) is 0 Å². The molecule has 0 unspecified atom stereocenters. The van der Waals surface area contributed by atoms with Crippen molar-refractivity contribution in [2.24, 2.45) is 0 Å². The number of rotatable bonds is 13. The van der Waals surface area contributed by atoms with E-state index in [1.165, 1.54) is 237 Å². The summed E-state index contributed by atoms with van der Waals surface area (Å²) in [6.45, 7) is 0. The Balaban J connectivity index is 0.000000107. The van der Waals surface area contributed by atoms with Crippen LogP contribution in [0.4, 0.5) is 0 Å². The van der Waals surface area contributed by atoms with E-state index >= 15 is 0 Å². The van der Waals surface area contributed by atoms with Crippen LogP contribution in [-0.2, 0) is 0 Å². The average Bonchev–Trinajstić information content (AvgIpc) is 1.57. The Hall–Kier alpha value is -18.4. The van der Waals surface area contributed by atoms with Crippen molar-refractivity contribution in [1.82, 2.24) is 27.4 Å². The van der Waals surface area contributed by atoms with Crippen molar-refractivity contribution in [3.05, 3.63) is 534 Å². The zero-order valence-corrected chi connectivity index (χ0v) is 75.5. The zero-order chi connectivity index (χ0) is 91.1. The number of hydrogen-bond acceptors (Lipinski definition) is 0. The molecule has 0 atom stereocenters. The minimum atomic E-state index is 1.15. The van der Waals surface area contributed by atoms with Gasteiger partial charge in [0.25, 0.3) is 0 Å². The van der Waals surface area contributed by atoms with Crippen LogP contribution < -0.4 is 0 Å². The summed E-state index contributed by atoms with van der Waals surface area (Å²) in [5.74, 6) is 0. The predicted octanol–water partition coefficient (Wildman–Crippen LogP) is 35.3. The molecular formula is C132H88N6. The summed E-state index contributed by atoms with van der Waals surface area (Å²) in [6, 6.07) is 193. The molecule has 0 aliphatic heterocycles. The monoisotopic (exact) mass is 1760 g/mol. The Morgan fingerprint density at radius 1 is 0.0797 bits per heavy atom. The second-order valence-corrected chi connectivity index (χ2v) is 35.8. The summed E-state index contributed by atoms with van der Waals surface area (Å²) < 4.78 is 14.3. The summed E-state index contributed by atoms with van der Waals surface area (Å²) in [7, 11) is 0. The zero-order valence-electron chi connectivity index (χ0n) is 75.5. The van der Waals surface area contributed by atoms with Crippen LogP contribution in [0.5, 0.6) is 0 Å². The second-order valence-electron chi connectivity index (χ2n) is 35.8. The first-order chi connectivity index (χ1) is 68.5. The minimum absolute atomic E-state index is 1.15. The highest BCUT2D eigenvalue weighted by molar-refractivity contribution is 6.18. The fourth-order valence-corrected chi connectivity index (χ4v) is 21.5. The summed E-state index contributed by atoms with van der Waals surface area (Å²) in [5, 5.41) is 15.1. The lowest BCUT2D eigenvalue weighted by molar-refractivity contribution is 1.18. The minimum Gasteiger partial charge on any atom is -0.309 e. The summed E-state index contributed by atoms with van der Waals surface area (Å²) in [6.07, 6.45) is 0. The lowest BCUT2D eigenvalue weighted by atomic mass is 9.99. The standard InChI is InChI=1S/C48H32N2.2C42H28N2/c1-4-12-33(13-5-1)35-20-25-40(26-21-35)50-47-27-22-36(34-14-6-2-7-15-34)30-43(47)44-32-38(24-29-48(44)50)37-23-28-46-42(31-37)41-18-10-11-19-45(41)49(46)39-16-8-3-9-17-39;1-4-12-29(13-5-1)32-20-23-36-38-27-31(22-25-41(38)44(42(36)28-32)34-16-8-3-9-17-34)30-21-24-40-37(26-30)35-18-10-11-19-39(35)43(40)33-14-6-2-7-15-33;1-4-12-29(13-5-1)30-20-23-41-37(26-30)38-28-32(22-25-42(38)44(41)34-16-8-3-9-17-34)31-21-24-40-36(27-31)35-18-10-11-19-39(35)43(40)33-14-6-2-7-15-33/h1-32H;2*1-28H. The molecular weight excluding hydrogens is 1670 g/mol. The Morgan fingerprint density at radius 3 is 0.471 bits per heavy atom. The third kappa shape index (κ3) is 14.0.